The molecule has 2 fully saturated rings. The molecule has 0 atom stereocenters. The Morgan fingerprint density at radius 1 is 1.18 bits per heavy atom. The van der Waals surface area contributed by atoms with Gasteiger partial charge in [0.15, 0.2) is 6.29 Å². The van der Waals surface area contributed by atoms with Gasteiger partial charge in [0, 0.05) is 5.92 Å². The predicted octanol–water partition coefficient (Wildman–Crippen LogP) is 0.784. The number of hydrogen-bond donors (Lipinski definition) is 0. The van der Waals surface area contributed by atoms with Crippen LogP contribution in [0.15, 0.2) is 0 Å². The Hall–Kier alpha value is -0.120. The lowest BCUT2D eigenvalue weighted by atomic mass is 10.1. The van der Waals surface area contributed by atoms with Crippen LogP contribution < -0.4 is 0 Å². The Kier molecular flexibility index (Phi) is 1.67. The quantitative estimate of drug-likeness (QED) is 0.528. The van der Waals surface area contributed by atoms with Crippen molar-refractivity contribution in [1.29, 1.82) is 0 Å². The summed E-state index contributed by atoms with van der Waals surface area (Å²) >= 11 is 0. The first-order valence-electron chi connectivity index (χ1n) is 4.09. The maximum atomic E-state index is 5.47. The van der Waals surface area contributed by atoms with E-state index < -0.39 is 0 Å². The van der Waals surface area contributed by atoms with E-state index in [9.17, 15) is 0 Å². The van der Waals surface area contributed by atoms with Gasteiger partial charge in [-0.1, -0.05) is 13.8 Å². The molecule has 64 valence electrons. The zero-order chi connectivity index (χ0) is 7.90. The fourth-order valence-electron chi connectivity index (χ4n) is 1.21. The van der Waals surface area contributed by atoms with E-state index in [2.05, 4.69) is 13.8 Å². The van der Waals surface area contributed by atoms with Crippen molar-refractivity contribution in [2.75, 3.05) is 19.8 Å². The highest BCUT2D eigenvalue weighted by Gasteiger charge is 2.49. The second kappa shape index (κ2) is 2.44. The highest BCUT2D eigenvalue weighted by molar-refractivity contribution is 4.94. The SMILES string of the molecule is CC(C)C1OCC2(CO1)CO2. The van der Waals surface area contributed by atoms with Crippen molar-refractivity contribution < 1.29 is 14.2 Å². The van der Waals surface area contributed by atoms with Crippen LogP contribution >= 0.6 is 0 Å². The van der Waals surface area contributed by atoms with Crippen molar-refractivity contribution in [2.24, 2.45) is 5.92 Å². The minimum atomic E-state index is -0.0502. The Labute approximate surface area is 66.6 Å². The van der Waals surface area contributed by atoms with E-state index in [0.717, 1.165) is 6.61 Å². The molecular formula is C8H14O3. The van der Waals surface area contributed by atoms with E-state index in [1.165, 1.54) is 0 Å². The van der Waals surface area contributed by atoms with Gasteiger partial charge in [0.05, 0.1) is 19.8 Å². The zero-order valence-corrected chi connectivity index (χ0v) is 7.00. The largest absolute Gasteiger partial charge is 0.365 e. The molecule has 2 rings (SSSR count). The van der Waals surface area contributed by atoms with Gasteiger partial charge in [-0.25, -0.2) is 0 Å². The summed E-state index contributed by atoms with van der Waals surface area (Å²) in [5.41, 5.74) is -0.0502. The third-order valence-electron chi connectivity index (χ3n) is 2.12. The first-order valence-corrected chi connectivity index (χ1v) is 4.09. The van der Waals surface area contributed by atoms with Crippen LogP contribution in [0.4, 0.5) is 0 Å². The zero-order valence-electron chi connectivity index (χ0n) is 7.00. The van der Waals surface area contributed by atoms with Crippen molar-refractivity contribution >= 4 is 0 Å². The lowest BCUT2D eigenvalue weighted by molar-refractivity contribution is -0.223. The molecule has 3 heteroatoms. The second-order valence-electron chi connectivity index (χ2n) is 3.71. The van der Waals surface area contributed by atoms with Crippen LogP contribution in [0.1, 0.15) is 13.8 Å². The summed E-state index contributed by atoms with van der Waals surface area (Å²) in [6.45, 7) is 6.40. The number of epoxide rings is 1. The normalized spacial score (nSPS) is 43.4. The first kappa shape index (κ1) is 7.53. The summed E-state index contributed by atoms with van der Waals surface area (Å²) in [4.78, 5) is 0. The molecule has 2 saturated heterocycles. The van der Waals surface area contributed by atoms with Crippen LogP contribution in [0.3, 0.4) is 0 Å². The van der Waals surface area contributed by atoms with E-state index in [1.54, 1.807) is 0 Å². The van der Waals surface area contributed by atoms with Gasteiger partial charge in [0.25, 0.3) is 0 Å². The fourth-order valence-corrected chi connectivity index (χ4v) is 1.21. The summed E-state index contributed by atoms with van der Waals surface area (Å²) in [7, 11) is 0. The molecule has 0 aromatic rings. The topological polar surface area (TPSA) is 31.0 Å². The van der Waals surface area contributed by atoms with Crippen LogP contribution in [-0.2, 0) is 14.2 Å². The lowest BCUT2D eigenvalue weighted by Crippen LogP contribution is -2.40. The van der Waals surface area contributed by atoms with Gasteiger partial charge in [-0.15, -0.1) is 0 Å². The van der Waals surface area contributed by atoms with Crippen LogP contribution in [0.5, 0.6) is 0 Å². The standard InChI is InChI=1S/C8H14O3/c1-6(2)7-9-3-8(4-10-7)5-11-8/h6-7H,3-5H2,1-2H3. The van der Waals surface area contributed by atoms with Gasteiger partial charge < -0.3 is 14.2 Å². The van der Waals surface area contributed by atoms with Crippen molar-refractivity contribution in [2.45, 2.75) is 25.7 Å². The van der Waals surface area contributed by atoms with E-state index in [1.807, 2.05) is 0 Å². The molecule has 2 aliphatic heterocycles. The van der Waals surface area contributed by atoms with Gasteiger partial charge in [0.1, 0.15) is 5.60 Å². The van der Waals surface area contributed by atoms with E-state index >= 15 is 0 Å². The van der Waals surface area contributed by atoms with E-state index in [4.69, 9.17) is 14.2 Å². The van der Waals surface area contributed by atoms with Gasteiger partial charge in [-0.05, 0) is 0 Å². The minimum absolute atomic E-state index is 0.0233. The number of ether oxygens (including phenoxy) is 3. The fraction of sp³-hybridized carbons (Fsp3) is 1.00. The van der Waals surface area contributed by atoms with Crippen LogP contribution in [-0.4, -0.2) is 31.7 Å². The molecule has 2 aliphatic rings. The predicted molar refractivity (Wildman–Crippen MR) is 39.2 cm³/mol. The monoisotopic (exact) mass is 158 g/mol. The highest BCUT2D eigenvalue weighted by atomic mass is 16.7. The Morgan fingerprint density at radius 2 is 1.73 bits per heavy atom. The molecule has 0 saturated carbocycles. The molecule has 3 nitrogen and oxygen atoms in total. The van der Waals surface area contributed by atoms with Gasteiger partial charge in [-0.2, -0.15) is 0 Å². The maximum Gasteiger partial charge on any atom is 0.160 e. The summed E-state index contributed by atoms with van der Waals surface area (Å²) < 4.78 is 16.2. The van der Waals surface area contributed by atoms with E-state index in [-0.39, 0.29) is 11.9 Å². The number of rotatable bonds is 1. The molecule has 0 bridgehead atoms. The Bertz CT molecular complexity index is 141. The molecule has 0 N–H and O–H groups in total. The van der Waals surface area contributed by atoms with Crippen molar-refractivity contribution in [1.82, 2.24) is 0 Å². The summed E-state index contributed by atoms with van der Waals surface area (Å²) in [6, 6.07) is 0. The van der Waals surface area contributed by atoms with Gasteiger partial charge in [-0.3, -0.25) is 0 Å². The molecule has 0 unspecified atom stereocenters. The lowest BCUT2D eigenvalue weighted by Gasteiger charge is -2.29. The second-order valence-corrected chi connectivity index (χ2v) is 3.71. The molecule has 0 amide bonds. The average Bonchev–Trinajstić information content (AvgIpc) is 2.70. The molecule has 0 aromatic heterocycles. The van der Waals surface area contributed by atoms with Crippen molar-refractivity contribution in [3.05, 3.63) is 0 Å². The minimum Gasteiger partial charge on any atom is -0.365 e. The number of hydrogen-bond acceptors (Lipinski definition) is 3. The van der Waals surface area contributed by atoms with Crippen LogP contribution in [0, 0.1) is 5.92 Å². The molecular weight excluding hydrogens is 144 g/mol. The van der Waals surface area contributed by atoms with Crippen molar-refractivity contribution in [3.63, 3.8) is 0 Å². The molecule has 1 spiro atoms. The third kappa shape index (κ3) is 1.41. The smallest absolute Gasteiger partial charge is 0.160 e. The third-order valence-corrected chi connectivity index (χ3v) is 2.12. The first-order chi connectivity index (χ1) is 5.22. The maximum absolute atomic E-state index is 5.47. The van der Waals surface area contributed by atoms with E-state index in [0.29, 0.717) is 19.1 Å². The Balaban J connectivity index is 1.84. The highest BCUT2D eigenvalue weighted by Crippen LogP contribution is 2.32. The summed E-state index contributed by atoms with van der Waals surface area (Å²) in [5.74, 6) is 0.436. The average molecular weight is 158 g/mol. The Morgan fingerprint density at radius 3 is 2.09 bits per heavy atom. The summed E-state index contributed by atoms with van der Waals surface area (Å²) in [6.07, 6.45) is -0.0233. The van der Waals surface area contributed by atoms with Gasteiger partial charge >= 0.3 is 0 Å². The molecule has 0 aromatic carbocycles. The molecule has 11 heavy (non-hydrogen) atoms. The van der Waals surface area contributed by atoms with Crippen LogP contribution in [0.2, 0.25) is 0 Å². The van der Waals surface area contributed by atoms with Gasteiger partial charge in [0.2, 0.25) is 0 Å². The molecule has 0 aliphatic carbocycles. The molecule has 2 heterocycles. The van der Waals surface area contributed by atoms with Crippen molar-refractivity contribution in [3.8, 4) is 0 Å². The molecule has 0 radical (unpaired) electrons. The van der Waals surface area contributed by atoms with Crippen LogP contribution in [0.25, 0.3) is 0 Å². The summed E-state index contributed by atoms with van der Waals surface area (Å²) in [5, 5.41) is 0.